The Bertz CT molecular complexity index is 1050. The number of rotatable bonds is 3. The molecule has 0 saturated carbocycles. The van der Waals surface area contributed by atoms with E-state index in [1.165, 1.54) is 0 Å². The third-order valence-corrected chi connectivity index (χ3v) is 5.17. The highest BCUT2D eigenvalue weighted by molar-refractivity contribution is 7.18. The number of amides is 1. The van der Waals surface area contributed by atoms with E-state index >= 15 is 0 Å². The molecule has 0 bridgehead atoms. The van der Waals surface area contributed by atoms with E-state index in [0.717, 1.165) is 26.0 Å². The van der Waals surface area contributed by atoms with Gasteiger partial charge in [-0.1, -0.05) is 36.4 Å². The van der Waals surface area contributed by atoms with Crippen molar-refractivity contribution < 1.29 is 9.90 Å². The number of aromatic nitrogens is 1. The van der Waals surface area contributed by atoms with Crippen molar-refractivity contribution in [3.8, 4) is 5.75 Å². The second-order valence-electron chi connectivity index (χ2n) is 5.95. The molecular weight excluding hydrogens is 332 g/mol. The van der Waals surface area contributed by atoms with E-state index in [4.69, 9.17) is 0 Å². The van der Waals surface area contributed by atoms with Gasteiger partial charge < -0.3 is 10.0 Å². The largest absolute Gasteiger partial charge is 0.507 e. The molecule has 5 heteroatoms. The van der Waals surface area contributed by atoms with E-state index in [2.05, 4.69) is 4.98 Å². The van der Waals surface area contributed by atoms with Crippen LogP contribution in [-0.4, -0.2) is 27.9 Å². The van der Waals surface area contributed by atoms with Crippen molar-refractivity contribution in [1.29, 1.82) is 0 Å². The first kappa shape index (κ1) is 15.6. The van der Waals surface area contributed by atoms with Crippen LogP contribution >= 0.6 is 11.3 Å². The summed E-state index contributed by atoms with van der Waals surface area (Å²) in [5.41, 5.74) is 1.25. The summed E-state index contributed by atoms with van der Waals surface area (Å²) in [7, 11) is 1.73. The summed E-state index contributed by atoms with van der Waals surface area (Å²) in [6.45, 7) is 0.407. The van der Waals surface area contributed by atoms with Gasteiger partial charge in [-0.25, -0.2) is 4.98 Å². The first-order valence-electron chi connectivity index (χ1n) is 7.93. The van der Waals surface area contributed by atoms with Crippen LogP contribution in [0.2, 0.25) is 0 Å². The predicted octanol–water partition coefficient (Wildman–Crippen LogP) is 4.43. The van der Waals surface area contributed by atoms with Gasteiger partial charge in [-0.15, -0.1) is 11.3 Å². The molecule has 0 saturated heterocycles. The normalized spacial score (nSPS) is 11.1. The molecule has 4 aromatic rings. The van der Waals surface area contributed by atoms with Crippen molar-refractivity contribution in [3.05, 3.63) is 71.2 Å². The summed E-state index contributed by atoms with van der Waals surface area (Å²) in [6.07, 6.45) is 0. The molecule has 0 unspecified atom stereocenters. The van der Waals surface area contributed by atoms with Crippen LogP contribution in [0.5, 0.6) is 5.75 Å². The molecule has 0 radical (unpaired) electrons. The van der Waals surface area contributed by atoms with Crippen LogP contribution in [-0.2, 0) is 6.54 Å². The van der Waals surface area contributed by atoms with Crippen molar-refractivity contribution in [2.45, 2.75) is 6.54 Å². The van der Waals surface area contributed by atoms with Gasteiger partial charge in [0.15, 0.2) is 0 Å². The Morgan fingerprint density at radius 2 is 1.76 bits per heavy atom. The number of carbonyl (C=O) groups excluding carboxylic acids is 1. The van der Waals surface area contributed by atoms with E-state index in [0.29, 0.717) is 12.1 Å². The fraction of sp³-hybridized carbons (Fsp3) is 0.100. The first-order valence-corrected chi connectivity index (χ1v) is 8.75. The molecule has 4 rings (SSSR count). The lowest BCUT2D eigenvalue weighted by Crippen LogP contribution is -2.26. The Morgan fingerprint density at radius 1 is 1.08 bits per heavy atom. The van der Waals surface area contributed by atoms with Gasteiger partial charge in [-0.3, -0.25) is 4.79 Å². The van der Waals surface area contributed by atoms with E-state index in [1.807, 2.05) is 48.5 Å². The number of para-hydroxylation sites is 1. The fourth-order valence-electron chi connectivity index (χ4n) is 2.87. The van der Waals surface area contributed by atoms with Crippen molar-refractivity contribution in [1.82, 2.24) is 9.88 Å². The van der Waals surface area contributed by atoms with E-state index in [1.54, 1.807) is 35.4 Å². The Morgan fingerprint density at radius 3 is 2.52 bits per heavy atom. The average molecular weight is 348 g/mol. The number of hydrogen-bond donors (Lipinski definition) is 1. The molecule has 25 heavy (non-hydrogen) atoms. The maximum Gasteiger partial charge on any atom is 0.257 e. The third kappa shape index (κ3) is 2.94. The number of aromatic hydroxyl groups is 1. The lowest BCUT2D eigenvalue weighted by molar-refractivity contribution is 0.0782. The van der Waals surface area contributed by atoms with Gasteiger partial charge in [0.1, 0.15) is 10.8 Å². The Balaban J connectivity index is 1.62. The molecule has 0 spiro atoms. The van der Waals surface area contributed by atoms with E-state index in [-0.39, 0.29) is 11.7 Å². The number of hydrogen-bond acceptors (Lipinski definition) is 4. The summed E-state index contributed by atoms with van der Waals surface area (Å²) >= 11 is 1.58. The number of benzene rings is 3. The molecular formula is C20H16N2O2S. The Labute approximate surface area is 149 Å². The molecule has 1 N–H and O–H groups in total. The number of thiazole rings is 1. The number of phenols is 1. The quantitative estimate of drug-likeness (QED) is 0.596. The fourth-order valence-corrected chi connectivity index (χ4v) is 3.89. The maximum atomic E-state index is 12.8. The zero-order valence-electron chi connectivity index (χ0n) is 13.6. The van der Waals surface area contributed by atoms with Crippen molar-refractivity contribution in [2.75, 3.05) is 7.05 Å². The van der Waals surface area contributed by atoms with Gasteiger partial charge in [0.2, 0.25) is 0 Å². The average Bonchev–Trinajstić information content (AvgIpc) is 3.02. The summed E-state index contributed by atoms with van der Waals surface area (Å²) in [6, 6.07) is 18.9. The number of fused-ring (bicyclic) bond motifs is 2. The van der Waals surface area contributed by atoms with Gasteiger partial charge in [0, 0.05) is 7.05 Å². The molecule has 0 aliphatic rings. The number of carbonyl (C=O) groups is 1. The molecule has 0 fully saturated rings. The lowest BCUT2D eigenvalue weighted by atomic mass is 10.1. The molecule has 1 aromatic heterocycles. The highest BCUT2D eigenvalue weighted by atomic mass is 32.1. The summed E-state index contributed by atoms with van der Waals surface area (Å²) in [5.74, 6) is -0.220. The second-order valence-corrected chi connectivity index (χ2v) is 7.07. The monoisotopic (exact) mass is 348 g/mol. The van der Waals surface area contributed by atoms with Crippen LogP contribution in [0.1, 0.15) is 15.4 Å². The van der Waals surface area contributed by atoms with Crippen molar-refractivity contribution in [2.24, 2.45) is 0 Å². The maximum absolute atomic E-state index is 12.8. The zero-order chi connectivity index (χ0) is 17.4. The topological polar surface area (TPSA) is 53.4 Å². The standard InChI is InChI=1S/C20H16N2O2S/c1-22(12-19-21-16-8-4-5-9-18(16)25-19)20(24)15-10-13-6-2-3-7-14(13)11-17(15)23/h2-11,23H,12H2,1H3. The zero-order valence-corrected chi connectivity index (χ0v) is 14.5. The lowest BCUT2D eigenvalue weighted by Gasteiger charge is -2.17. The minimum absolute atomic E-state index is 0.000139. The number of nitrogens with zero attached hydrogens (tertiary/aromatic N) is 2. The van der Waals surface area contributed by atoms with E-state index in [9.17, 15) is 9.90 Å². The predicted molar refractivity (Wildman–Crippen MR) is 101 cm³/mol. The highest BCUT2D eigenvalue weighted by Crippen LogP contribution is 2.27. The molecule has 0 aliphatic heterocycles. The summed E-state index contributed by atoms with van der Waals surface area (Å²) in [5, 5.41) is 13.0. The van der Waals surface area contributed by atoms with Crippen LogP contribution in [0, 0.1) is 0 Å². The SMILES string of the molecule is CN(Cc1nc2ccccc2s1)C(=O)c1cc2ccccc2cc1O. The minimum Gasteiger partial charge on any atom is -0.507 e. The molecule has 124 valence electrons. The van der Waals surface area contributed by atoms with Crippen molar-refractivity contribution in [3.63, 3.8) is 0 Å². The summed E-state index contributed by atoms with van der Waals surface area (Å²) < 4.78 is 1.10. The van der Waals surface area contributed by atoms with Crippen LogP contribution in [0.25, 0.3) is 21.0 Å². The third-order valence-electron chi connectivity index (χ3n) is 4.15. The molecule has 4 nitrogen and oxygen atoms in total. The van der Waals surface area contributed by atoms with Gasteiger partial charge in [0.05, 0.1) is 22.3 Å². The second kappa shape index (κ2) is 6.18. The van der Waals surface area contributed by atoms with Gasteiger partial charge in [-0.2, -0.15) is 0 Å². The smallest absolute Gasteiger partial charge is 0.257 e. The molecule has 1 heterocycles. The van der Waals surface area contributed by atoms with Gasteiger partial charge in [-0.05, 0) is 35.0 Å². The molecule has 0 atom stereocenters. The highest BCUT2D eigenvalue weighted by Gasteiger charge is 2.18. The van der Waals surface area contributed by atoms with Gasteiger partial charge >= 0.3 is 0 Å². The Kier molecular flexibility index (Phi) is 3.86. The minimum atomic E-state index is -0.220. The van der Waals surface area contributed by atoms with Crippen molar-refractivity contribution >= 4 is 38.2 Å². The Hall–Kier alpha value is -2.92. The molecule has 1 amide bonds. The van der Waals surface area contributed by atoms with Gasteiger partial charge in [0.25, 0.3) is 5.91 Å². The van der Waals surface area contributed by atoms with E-state index < -0.39 is 0 Å². The molecule has 3 aromatic carbocycles. The number of phenolic OH excluding ortho intramolecular Hbond substituents is 1. The van der Waals surface area contributed by atoms with Crippen LogP contribution in [0.4, 0.5) is 0 Å². The van der Waals surface area contributed by atoms with Crippen LogP contribution in [0.15, 0.2) is 60.7 Å². The molecule has 0 aliphatic carbocycles. The summed E-state index contributed by atoms with van der Waals surface area (Å²) in [4.78, 5) is 18.9. The first-order chi connectivity index (χ1) is 12.1. The van der Waals surface area contributed by atoms with Crippen LogP contribution < -0.4 is 0 Å². The van der Waals surface area contributed by atoms with Crippen LogP contribution in [0.3, 0.4) is 0 Å².